The van der Waals surface area contributed by atoms with E-state index in [1.165, 1.54) is 15.6 Å². The largest absolute Gasteiger partial charge is 0.465 e. The molecule has 0 aliphatic carbocycles. The molecule has 1 saturated heterocycles. The number of rotatable bonds is 3. The lowest BCUT2D eigenvalue weighted by Gasteiger charge is -2.19. The van der Waals surface area contributed by atoms with Crippen LogP contribution in [0.25, 0.3) is 5.65 Å². The van der Waals surface area contributed by atoms with Crippen LogP contribution in [-0.4, -0.2) is 55.7 Å². The minimum Gasteiger partial charge on any atom is -0.465 e. The van der Waals surface area contributed by atoms with Crippen molar-refractivity contribution in [1.82, 2.24) is 19.5 Å². The highest BCUT2D eigenvalue weighted by molar-refractivity contribution is 9.10. The van der Waals surface area contributed by atoms with E-state index in [1.54, 1.807) is 6.20 Å². The normalized spacial score (nSPS) is 20.9. The lowest BCUT2D eigenvalue weighted by Crippen LogP contribution is -2.31. The van der Waals surface area contributed by atoms with Gasteiger partial charge >= 0.3 is 6.09 Å². The Morgan fingerprint density at radius 3 is 2.83 bits per heavy atom. The monoisotopic (exact) mass is 382 g/mol. The standard InChI is InChI=1S/C13H15BrN6O3/c1-6-3-19(13(22)23)4-8(6)17-10-7(11(15)21)2-16-20-5-9(14)18-12(10)20/h2,5-6,8,17H,3-4H2,1H3,(H2,15,21)(H,22,23). The van der Waals surface area contributed by atoms with E-state index in [2.05, 4.69) is 31.3 Å². The molecular weight excluding hydrogens is 368 g/mol. The van der Waals surface area contributed by atoms with Gasteiger partial charge in [0.05, 0.1) is 23.6 Å². The summed E-state index contributed by atoms with van der Waals surface area (Å²) >= 11 is 3.27. The summed E-state index contributed by atoms with van der Waals surface area (Å²) in [6, 6.07) is -0.147. The summed E-state index contributed by atoms with van der Waals surface area (Å²) in [6.07, 6.45) is 2.08. The highest BCUT2D eigenvalue weighted by Gasteiger charge is 2.33. The van der Waals surface area contributed by atoms with Crippen molar-refractivity contribution in [2.45, 2.75) is 13.0 Å². The van der Waals surface area contributed by atoms with E-state index in [0.29, 0.717) is 29.0 Å². The van der Waals surface area contributed by atoms with Gasteiger partial charge in [-0.15, -0.1) is 0 Å². The number of hydrogen-bond acceptors (Lipinski definition) is 5. The van der Waals surface area contributed by atoms with Crippen molar-refractivity contribution in [3.63, 3.8) is 0 Å². The number of anilines is 1. The van der Waals surface area contributed by atoms with E-state index >= 15 is 0 Å². The second-order valence-electron chi connectivity index (χ2n) is 5.54. The molecule has 0 spiro atoms. The van der Waals surface area contributed by atoms with Crippen molar-refractivity contribution in [2.24, 2.45) is 11.7 Å². The van der Waals surface area contributed by atoms with E-state index in [-0.39, 0.29) is 17.5 Å². The number of halogens is 1. The van der Waals surface area contributed by atoms with Gasteiger partial charge in [0.2, 0.25) is 0 Å². The predicted molar refractivity (Wildman–Crippen MR) is 85.4 cm³/mol. The Hall–Kier alpha value is -2.36. The lowest BCUT2D eigenvalue weighted by atomic mass is 10.1. The fraction of sp³-hybridized carbons (Fsp3) is 0.385. The second-order valence-corrected chi connectivity index (χ2v) is 6.36. The van der Waals surface area contributed by atoms with Crippen LogP contribution in [0, 0.1) is 5.92 Å². The van der Waals surface area contributed by atoms with Gasteiger partial charge in [-0.3, -0.25) is 4.79 Å². The first-order chi connectivity index (χ1) is 10.9. The number of carbonyl (C=O) groups excluding carboxylic acids is 1. The molecule has 0 radical (unpaired) electrons. The van der Waals surface area contributed by atoms with Crippen LogP contribution in [0.4, 0.5) is 10.5 Å². The summed E-state index contributed by atoms with van der Waals surface area (Å²) in [5.41, 5.74) is 6.56. The van der Waals surface area contributed by atoms with Gasteiger partial charge in [0.15, 0.2) is 5.65 Å². The number of hydrogen-bond donors (Lipinski definition) is 3. The van der Waals surface area contributed by atoms with Crippen LogP contribution >= 0.6 is 15.9 Å². The van der Waals surface area contributed by atoms with E-state index in [9.17, 15) is 9.59 Å². The first-order valence-corrected chi connectivity index (χ1v) is 7.74. The van der Waals surface area contributed by atoms with Gasteiger partial charge in [-0.05, 0) is 21.8 Å². The number of primary amides is 1. The molecule has 3 heterocycles. The summed E-state index contributed by atoms with van der Waals surface area (Å²) in [4.78, 5) is 28.5. The van der Waals surface area contributed by atoms with Gasteiger partial charge in [-0.2, -0.15) is 5.10 Å². The average Bonchev–Trinajstić information content (AvgIpc) is 3.02. The average molecular weight is 383 g/mol. The Morgan fingerprint density at radius 1 is 1.48 bits per heavy atom. The Kier molecular flexibility index (Phi) is 3.84. The van der Waals surface area contributed by atoms with Gasteiger partial charge < -0.3 is 21.1 Å². The maximum absolute atomic E-state index is 11.7. The molecule has 2 amide bonds. The molecule has 1 fully saturated rings. The molecule has 2 aromatic rings. The van der Waals surface area contributed by atoms with Crippen LogP contribution in [-0.2, 0) is 0 Å². The van der Waals surface area contributed by atoms with Crippen molar-refractivity contribution in [3.05, 3.63) is 22.6 Å². The first-order valence-electron chi connectivity index (χ1n) is 6.95. The third-order valence-electron chi connectivity index (χ3n) is 3.94. The van der Waals surface area contributed by atoms with Crippen molar-refractivity contribution in [1.29, 1.82) is 0 Å². The molecule has 4 N–H and O–H groups in total. The topological polar surface area (TPSA) is 126 Å². The molecule has 1 aliphatic heterocycles. The van der Waals surface area contributed by atoms with Crippen LogP contribution in [0.5, 0.6) is 0 Å². The van der Waals surface area contributed by atoms with Crippen LogP contribution in [0.1, 0.15) is 17.3 Å². The molecule has 1 aliphatic rings. The summed E-state index contributed by atoms with van der Waals surface area (Å²) in [7, 11) is 0. The van der Waals surface area contributed by atoms with Crippen molar-refractivity contribution >= 4 is 39.3 Å². The maximum atomic E-state index is 11.7. The fourth-order valence-electron chi connectivity index (χ4n) is 2.73. The first kappa shape index (κ1) is 15.5. The zero-order valence-electron chi connectivity index (χ0n) is 12.2. The van der Waals surface area contributed by atoms with Gasteiger partial charge in [-0.1, -0.05) is 6.92 Å². The summed E-state index contributed by atoms with van der Waals surface area (Å²) < 4.78 is 2.09. The van der Waals surface area contributed by atoms with E-state index in [0.717, 1.165) is 0 Å². The molecule has 9 nitrogen and oxygen atoms in total. The number of nitrogens with two attached hydrogens (primary N) is 1. The number of nitrogens with one attached hydrogen (secondary N) is 1. The number of amides is 2. The van der Waals surface area contributed by atoms with E-state index < -0.39 is 12.0 Å². The fourth-order valence-corrected chi connectivity index (χ4v) is 3.09. The molecule has 23 heavy (non-hydrogen) atoms. The molecule has 2 unspecified atom stereocenters. The SMILES string of the molecule is CC1CN(C(=O)O)CC1Nc1c(C(N)=O)cnn2cc(Br)nc12. The quantitative estimate of drug-likeness (QED) is 0.726. The Balaban J connectivity index is 2.00. The zero-order valence-corrected chi connectivity index (χ0v) is 13.8. The number of aromatic nitrogens is 3. The van der Waals surface area contributed by atoms with Crippen molar-refractivity contribution < 1.29 is 14.7 Å². The minimum absolute atomic E-state index is 0.0819. The minimum atomic E-state index is -0.959. The number of fused-ring (bicyclic) bond motifs is 1. The number of carboxylic acid groups (broad SMARTS) is 1. The third-order valence-corrected chi connectivity index (χ3v) is 4.32. The Bertz CT molecular complexity index is 791. The van der Waals surface area contributed by atoms with Crippen molar-refractivity contribution in [3.8, 4) is 0 Å². The maximum Gasteiger partial charge on any atom is 0.407 e. The molecule has 2 atom stereocenters. The Morgan fingerprint density at radius 2 is 2.22 bits per heavy atom. The molecule has 0 aromatic carbocycles. The van der Waals surface area contributed by atoms with Gasteiger partial charge in [0, 0.05) is 19.1 Å². The van der Waals surface area contributed by atoms with Gasteiger partial charge in [-0.25, -0.2) is 14.3 Å². The smallest absolute Gasteiger partial charge is 0.407 e. The van der Waals surface area contributed by atoms with E-state index in [4.69, 9.17) is 10.8 Å². The molecule has 0 bridgehead atoms. The molecular formula is C13H15BrN6O3. The number of carbonyl (C=O) groups is 2. The molecule has 3 rings (SSSR count). The Labute approximate surface area is 139 Å². The van der Waals surface area contributed by atoms with Crippen LogP contribution in [0.2, 0.25) is 0 Å². The molecule has 2 aromatic heterocycles. The molecule has 10 heteroatoms. The third kappa shape index (κ3) is 2.81. The molecule has 122 valence electrons. The number of imidazole rings is 1. The van der Waals surface area contributed by atoms with Crippen LogP contribution in [0.15, 0.2) is 17.0 Å². The molecule has 0 saturated carbocycles. The number of nitrogens with zero attached hydrogens (tertiary/aromatic N) is 4. The number of likely N-dealkylation sites (tertiary alicyclic amines) is 1. The predicted octanol–water partition coefficient (Wildman–Crippen LogP) is 1.00. The zero-order chi connectivity index (χ0) is 16.7. The highest BCUT2D eigenvalue weighted by atomic mass is 79.9. The van der Waals surface area contributed by atoms with Crippen molar-refractivity contribution in [2.75, 3.05) is 18.4 Å². The highest BCUT2D eigenvalue weighted by Crippen LogP contribution is 2.27. The van der Waals surface area contributed by atoms with Crippen LogP contribution < -0.4 is 11.1 Å². The summed E-state index contributed by atoms with van der Waals surface area (Å²) in [5.74, 6) is -0.541. The lowest BCUT2D eigenvalue weighted by molar-refractivity contribution is 0.100. The summed E-state index contributed by atoms with van der Waals surface area (Å²) in [6.45, 7) is 2.70. The van der Waals surface area contributed by atoms with Gasteiger partial charge in [0.1, 0.15) is 4.60 Å². The second kappa shape index (κ2) is 5.69. The van der Waals surface area contributed by atoms with Gasteiger partial charge in [0.25, 0.3) is 5.91 Å². The summed E-state index contributed by atoms with van der Waals surface area (Å²) in [5, 5.41) is 16.5. The van der Waals surface area contributed by atoms with Crippen LogP contribution in [0.3, 0.4) is 0 Å². The van der Waals surface area contributed by atoms with E-state index in [1.807, 2.05) is 6.92 Å².